The number of carbonyl (C=O) groups is 1. The molecular formula is C9H5F5O5S. The van der Waals surface area contributed by atoms with E-state index in [1.54, 1.807) is 0 Å². The number of rotatable bonds is 5. The maximum Gasteiger partial charge on any atom is 0.459 e. The molecule has 11 heteroatoms. The van der Waals surface area contributed by atoms with Gasteiger partial charge >= 0.3 is 28.5 Å². The predicted molar refractivity (Wildman–Crippen MR) is 53.1 cm³/mol. The zero-order valence-electron chi connectivity index (χ0n) is 9.23. The molecule has 0 heterocycles. The van der Waals surface area contributed by atoms with E-state index in [0.29, 0.717) is 0 Å². The van der Waals surface area contributed by atoms with Crippen molar-refractivity contribution in [2.45, 2.75) is 12.3 Å². The van der Waals surface area contributed by atoms with Crippen LogP contribution in [0.25, 0.3) is 0 Å². The standard InChI is InChI=1S/C9H5F5O5S/c10-8(11,12)7(15)9(13,14)19-20(16,17)18-6-4-2-1-3-5-6/h1-5H. The minimum absolute atomic E-state index is 0.484. The van der Waals surface area contributed by atoms with E-state index in [1.807, 2.05) is 0 Å². The number of ketones is 1. The van der Waals surface area contributed by atoms with Crippen molar-refractivity contribution in [2.75, 3.05) is 0 Å². The van der Waals surface area contributed by atoms with Crippen LogP contribution in [0.2, 0.25) is 0 Å². The number of halogens is 5. The summed E-state index contributed by atoms with van der Waals surface area (Å²) in [5.74, 6) is -4.15. The van der Waals surface area contributed by atoms with Crippen molar-refractivity contribution in [1.82, 2.24) is 0 Å². The molecule has 0 spiro atoms. The van der Waals surface area contributed by atoms with Crippen LogP contribution >= 0.6 is 0 Å². The average Bonchev–Trinajstić information content (AvgIpc) is 2.25. The summed E-state index contributed by atoms with van der Waals surface area (Å²) in [6.45, 7) is 0. The van der Waals surface area contributed by atoms with Crippen LogP contribution in [0.1, 0.15) is 0 Å². The molecule has 0 unspecified atom stereocenters. The third kappa shape index (κ3) is 4.42. The van der Waals surface area contributed by atoms with Crippen molar-refractivity contribution in [3.05, 3.63) is 30.3 Å². The van der Waals surface area contributed by atoms with Crippen molar-refractivity contribution in [2.24, 2.45) is 0 Å². The Hall–Kier alpha value is -1.75. The Morgan fingerprint density at radius 2 is 1.50 bits per heavy atom. The lowest BCUT2D eigenvalue weighted by Gasteiger charge is -2.16. The Balaban J connectivity index is 2.88. The third-order valence-corrected chi connectivity index (χ3v) is 2.48. The molecule has 0 N–H and O–H groups in total. The number of para-hydroxylation sites is 1. The Kier molecular flexibility index (Phi) is 4.34. The smallest absolute Gasteiger partial charge is 0.362 e. The maximum atomic E-state index is 12.8. The summed E-state index contributed by atoms with van der Waals surface area (Å²) in [5, 5.41) is 0. The van der Waals surface area contributed by atoms with Gasteiger partial charge in [0.15, 0.2) is 0 Å². The summed E-state index contributed by atoms with van der Waals surface area (Å²) >= 11 is 0. The molecule has 0 aromatic heterocycles. The summed E-state index contributed by atoms with van der Waals surface area (Å²) in [4.78, 5) is 10.3. The number of alkyl halides is 5. The van der Waals surface area contributed by atoms with Crippen molar-refractivity contribution in [1.29, 1.82) is 0 Å². The van der Waals surface area contributed by atoms with Crippen molar-refractivity contribution in [3.63, 3.8) is 0 Å². The summed E-state index contributed by atoms with van der Waals surface area (Å²) < 4.78 is 89.7. The first-order valence-corrected chi connectivity index (χ1v) is 5.97. The first-order chi connectivity index (χ1) is 8.94. The Bertz CT molecular complexity index is 580. The Morgan fingerprint density at radius 1 is 1.00 bits per heavy atom. The van der Waals surface area contributed by atoms with Crippen LogP contribution in [0.4, 0.5) is 22.0 Å². The predicted octanol–water partition coefficient (Wildman–Crippen LogP) is 2.05. The topological polar surface area (TPSA) is 69.7 Å². The van der Waals surface area contributed by atoms with E-state index in [1.165, 1.54) is 18.2 Å². The molecule has 0 aliphatic rings. The van der Waals surface area contributed by atoms with Gasteiger partial charge in [-0.1, -0.05) is 18.2 Å². The molecule has 5 nitrogen and oxygen atoms in total. The van der Waals surface area contributed by atoms with Gasteiger partial charge in [-0.3, -0.25) is 4.79 Å². The third-order valence-electron chi connectivity index (χ3n) is 1.67. The fourth-order valence-electron chi connectivity index (χ4n) is 0.942. The van der Waals surface area contributed by atoms with Gasteiger partial charge < -0.3 is 4.18 Å². The van der Waals surface area contributed by atoms with Gasteiger partial charge in [-0.15, -0.1) is 0 Å². The lowest BCUT2D eigenvalue weighted by Crippen LogP contribution is -2.44. The first kappa shape index (κ1) is 16.3. The molecule has 20 heavy (non-hydrogen) atoms. The first-order valence-electron chi connectivity index (χ1n) is 4.63. The van der Waals surface area contributed by atoms with Crippen molar-refractivity contribution in [3.8, 4) is 5.75 Å². The molecule has 0 aliphatic heterocycles. The van der Waals surface area contributed by atoms with Gasteiger partial charge in [0.25, 0.3) is 0 Å². The number of benzene rings is 1. The van der Waals surface area contributed by atoms with E-state index in [2.05, 4.69) is 8.37 Å². The van der Waals surface area contributed by atoms with Gasteiger partial charge in [0.2, 0.25) is 0 Å². The zero-order chi connectivity index (χ0) is 15.6. The maximum absolute atomic E-state index is 12.8. The van der Waals surface area contributed by atoms with Gasteiger partial charge in [-0.05, 0) is 12.1 Å². The Morgan fingerprint density at radius 3 is 1.95 bits per heavy atom. The second-order valence-corrected chi connectivity index (χ2v) is 4.38. The zero-order valence-corrected chi connectivity index (χ0v) is 10.0. The highest BCUT2D eigenvalue weighted by Gasteiger charge is 2.59. The molecule has 1 aromatic carbocycles. The summed E-state index contributed by atoms with van der Waals surface area (Å²) in [6, 6.07) is 6.01. The molecule has 0 saturated heterocycles. The molecule has 1 aromatic rings. The summed E-state index contributed by atoms with van der Waals surface area (Å²) in [7, 11) is -5.57. The highest BCUT2D eigenvalue weighted by atomic mass is 32.3. The molecule has 0 saturated carbocycles. The molecule has 0 aliphatic carbocycles. The molecule has 0 bridgehead atoms. The second-order valence-electron chi connectivity index (χ2n) is 3.23. The molecule has 112 valence electrons. The fraction of sp³-hybridized carbons (Fsp3) is 0.222. The minimum atomic E-state index is -5.97. The van der Waals surface area contributed by atoms with Crippen molar-refractivity contribution < 1.29 is 43.5 Å². The van der Waals surface area contributed by atoms with E-state index in [9.17, 15) is 35.2 Å². The molecular weight excluding hydrogens is 315 g/mol. The van der Waals surface area contributed by atoms with Crippen LogP contribution < -0.4 is 4.18 Å². The monoisotopic (exact) mass is 320 g/mol. The minimum Gasteiger partial charge on any atom is -0.362 e. The van der Waals surface area contributed by atoms with E-state index < -0.39 is 34.2 Å². The number of hydrogen-bond acceptors (Lipinski definition) is 5. The number of carbonyl (C=O) groups excluding carboxylic acids is 1. The largest absolute Gasteiger partial charge is 0.459 e. The van der Waals surface area contributed by atoms with Gasteiger partial charge in [0, 0.05) is 0 Å². The highest BCUT2D eigenvalue weighted by Crippen LogP contribution is 2.30. The van der Waals surface area contributed by atoms with Gasteiger partial charge in [-0.2, -0.15) is 34.6 Å². The molecule has 0 amide bonds. The van der Waals surface area contributed by atoms with E-state index in [0.717, 1.165) is 12.1 Å². The normalized spacial score (nSPS) is 13.1. The quantitative estimate of drug-likeness (QED) is 0.777. The Labute approximate surface area is 109 Å². The van der Waals surface area contributed by atoms with Crippen LogP contribution in [-0.2, 0) is 19.4 Å². The molecule has 0 fully saturated rings. The summed E-state index contributed by atoms with van der Waals surface area (Å²) in [6.07, 6.45) is -11.6. The number of hydrogen-bond donors (Lipinski definition) is 0. The van der Waals surface area contributed by atoms with Crippen LogP contribution in [0, 0.1) is 0 Å². The second kappa shape index (κ2) is 5.32. The van der Waals surface area contributed by atoms with Crippen LogP contribution in [0.15, 0.2) is 30.3 Å². The van der Waals surface area contributed by atoms with Gasteiger partial charge in [0.1, 0.15) is 5.75 Å². The van der Waals surface area contributed by atoms with Crippen LogP contribution in [-0.4, -0.2) is 26.5 Å². The lowest BCUT2D eigenvalue weighted by atomic mass is 10.3. The van der Waals surface area contributed by atoms with E-state index >= 15 is 0 Å². The molecule has 1 rings (SSSR count). The van der Waals surface area contributed by atoms with Gasteiger partial charge in [0.05, 0.1) is 0 Å². The van der Waals surface area contributed by atoms with E-state index in [-0.39, 0.29) is 0 Å². The number of Topliss-reactive ketones (excluding diaryl/α,β-unsaturated/α-hetero) is 1. The average molecular weight is 320 g/mol. The van der Waals surface area contributed by atoms with Crippen LogP contribution in [0.5, 0.6) is 5.75 Å². The molecule has 0 atom stereocenters. The fourth-order valence-corrected chi connectivity index (χ4v) is 1.65. The molecule has 0 radical (unpaired) electrons. The SMILES string of the molecule is O=C(C(F)(F)F)C(F)(F)OS(=O)(=O)Oc1ccccc1. The lowest BCUT2D eigenvalue weighted by molar-refractivity contribution is -0.230. The van der Waals surface area contributed by atoms with Crippen molar-refractivity contribution >= 4 is 16.2 Å². The van der Waals surface area contributed by atoms with E-state index in [4.69, 9.17) is 0 Å². The summed E-state index contributed by atoms with van der Waals surface area (Å²) in [5.41, 5.74) is 0. The highest BCUT2D eigenvalue weighted by molar-refractivity contribution is 7.82. The van der Waals surface area contributed by atoms with Gasteiger partial charge in [-0.25, -0.2) is 0 Å². The van der Waals surface area contributed by atoms with Crippen LogP contribution in [0.3, 0.4) is 0 Å².